The Morgan fingerprint density at radius 1 is 0.878 bits per heavy atom. The molecule has 0 saturated heterocycles. The van der Waals surface area contributed by atoms with Crippen LogP contribution >= 0.6 is 0 Å². The molecule has 2 aromatic carbocycles. The minimum atomic E-state index is -1.42. The van der Waals surface area contributed by atoms with Crippen molar-refractivity contribution in [1.82, 2.24) is 4.65 Å². The lowest BCUT2D eigenvalue weighted by Gasteiger charge is -2.38. The second kappa shape index (κ2) is 14.4. The number of rotatable bonds is 13. The fourth-order valence-corrected chi connectivity index (χ4v) is 5.27. The number of hydrogen-bond donors (Lipinski definition) is 3. The van der Waals surface area contributed by atoms with Crippen LogP contribution in [-0.2, 0) is 0 Å². The van der Waals surface area contributed by atoms with Gasteiger partial charge in [0.15, 0.2) is 5.69 Å². The summed E-state index contributed by atoms with van der Waals surface area (Å²) in [6, 6.07) is 7.01. The molecule has 0 aliphatic carbocycles. The number of phenolic OH excluding ortho intramolecular Hbond substituents is 3. The number of fused-ring (bicyclic) bond motifs is 2. The van der Waals surface area contributed by atoms with Crippen molar-refractivity contribution in [1.29, 1.82) is 0 Å². The molecule has 1 unspecified atom stereocenters. The number of phenols is 3. The Bertz CT molecular complexity index is 1320. The molecule has 1 heterocycles. The molecular weight excluding hydrogens is 516 g/mol. The fraction of sp³-hybridized carbons (Fsp3) is 0.441. The van der Waals surface area contributed by atoms with Gasteiger partial charge in [-0.1, -0.05) is 61.1 Å². The Morgan fingerprint density at radius 3 is 2.24 bits per heavy atom. The molecule has 2 aromatic rings. The second-order valence-corrected chi connectivity index (χ2v) is 11.4. The third kappa shape index (κ3) is 7.80. The van der Waals surface area contributed by atoms with E-state index >= 15 is 0 Å². The standard InChI is InChI=1S/C34H46N2O5/c1-6-7-8-9-20-35-32-28(17-12-18-30(32)38)34(40)36(41,29-22-27(37)23-31(39)33(29)35)21-19-26(5)16-11-15-25(4)14-10-13-24(2)3/h12-13,15,17-19,22-23,37-39H,6-11,14,16,20-21H2,1-5H3/b25-15+,26-19+. The van der Waals surface area contributed by atoms with Crippen molar-refractivity contribution in [3.05, 3.63) is 76.0 Å². The van der Waals surface area contributed by atoms with Crippen molar-refractivity contribution < 1.29 is 20.1 Å². The molecule has 3 rings (SSSR count). The van der Waals surface area contributed by atoms with Crippen LogP contribution in [-0.4, -0.2) is 34.3 Å². The number of para-hydroxylation sites is 1. The number of nitrogens with zero attached hydrogens (tertiary/aromatic N) is 2. The molecular formula is C34H46N2O5. The summed E-state index contributed by atoms with van der Waals surface area (Å²) < 4.78 is -1.42. The summed E-state index contributed by atoms with van der Waals surface area (Å²) in [6.45, 7) is 10.6. The minimum Gasteiger partial charge on any atom is -0.619 e. The number of carbonyl (C=O) groups excluding carboxylic acids is 1. The normalized spacial score (nSPS) is 17.2. The van der Waals surface area contributed by atoms with E-state index in [1.807, 2.05) is 6.92 Å². The number of carbonyl (C=O) groups is 1. The molecule has 0 fully saturated rings. The van der Waals surface area contributed by atoms with Crippen molar-refractivity contribution in [3.63, 3.8) is 0 Å². The first-order valence-corrected chi connectivity index (χ1v) is 14.7. The first-order chi connectivity index (χ1) is 19.5. The molecule has 7 nitrogen and oxygen atoms in total. The lowest BCUT2D eigenvalue weighted by Crippen LogP contribution is -2.48. The number of benzene rings is 2. The average Bonchev–Trinajstić information content (AvgIpc) is 2.98. The van der Waals surface area contributed by atoms with Crippen molar-refractivity contribution in [2.45, 2.75) is 86.0 Å². The molecule has 1 aliphatic rings. The number of allylic oxidation sites excluding steroid dienone is 5. The van der Waals surface area contributed by atoms with Crippen LogP contribution < -0.4 is 9.55 Å². The predicted molar refractivity (Wildman–Crippen MR) is 169 cm³/mol. The molecule has 0 radical (unpaired) electrons. The molecule has 1 atom stereocenters. The van der Waals surface area contributed by atoms with Gasteiger partial charge in [0.2, 0.25) is 0 Å². The van der Waals surface area contributed by atoms with E-state index < -0.39 is 10.6 Å². The van der Waals surface area contributed by atoms with Gasteiger partial charge >= 0.3 is 5.91 Å². The van der Waals surface area contributed by atoms with Gasteiger partial charge in [-0.15, -0.1) is 0 Å². The summed E-state index contributed by atoms with van der Waals surface area (Å²) in [5.74, 6) is -1.51. The zero-order valence-electron chi connectivity index (χ0n) is 25.2. The highest BCUT2D eigenvalue weighted by molar-refractivity contribution is 6.12. The van der Waals surface area contributed by atoms with Gasteiger partial charge in [0, 0.05) is 18.7 Å². The summed E-state index contributed by atoms with van der Waals surface area (Å²) in [5.41, 5.74) is 4.01. The maximum atomic E-state index is 14.7. The molecule has 1 amide bonds. The van der Waals surface area contributed by atoms with E-state index in [2.05, 4.69) is 39.8 Å². The molecule has 0 bridgehead atoms. The zero-order valence-corrected chi connectivity index (χ0v) is 25.2. The van der Waals surface area contributed by atoms with E-state index in [0.29, 0.717) is 6.54 Å². The summed E-state index contributed by atoms with van der Waals surface area (Å²) >= 11 is 0. The van der Waals surface area contributed by atoms with Crippen LogP contribution in [0.15, 0.2) is 65.3 Å². The van der Waals surface area contributed by atoms with Crippen LogP contribution in [0.4, 0.5) is 17.1 Å². The molecule has 222 valence electrons. The largest absolute Gasteiger partial charge is 0.619 e. The molecule has 0 saturated carbocycles. The zero-order chi connectivity index (χ0) is 30.2. The number of unbranched alkanes of at least 4 members (excludes halogenated alkanes) is 3. The highest BCUT2D eigenvalue weighted by Crippen LogP contribution is 2.52. The van der Waals surface area contributed by atoms with E-state index in [1.165, 1.54) is 29.3 Å². The van der Waals surface area contributed by atoms with E-state index in [4.69, 9.17) is 0 Å². The van der Waals surface area contributed by atoms with Crippen LogP contribution in [0.1, 0.15) is 96.3 Å². The number of anilines is 2. The maximum absolute atomic E-state index is 14.7. The van der Waals surface area contributed by atoms with Gasteiger partial charge in [-0.05, 0) is 78.0 Å². The lowest BCUT2D eigenvalue weighted by atomic mass is 10.1. The van der Waals surface area contributed by atoms with Crippen molar-refractivity contribution >= 4 is 23.0 Å². The topological polar surface area (TPSA) is 104 Å². The average molecular weight is 563 g/mol. The molecule has 0 spiro atoms. The van der Waals surface area contributed by atoms with E-state index in [9.17, 15) is 25.3 Å². The smallest absolute Gasteiger partial charge is 0.353 e. The third-order valence-electron chi connectivity index (χ3n) is 7.61. The first-order valence-electron chi connectivity index (χ1n) is 14.7. The van der Waals surface area contributed by atoms with Crippen LogP contribution in [0.3, 0.4) is 0 Å². The second-order valence-electron chi connectivity index (χ2n) is 11.4. The van der Waals surface area contributed by atoms with Gasteiger partial charge in [0.05, 0.1) is 0 Å². The van der Waals surface area contributed by atoms with Crippen LogP contribution in [0, 0.1) is 5.21 Å². The number of aromatic hydroxyl groups is 3. The van der Waals surface area contributed by atoms with Gasteiger partial charge < -0.3 is 25.4 Å². The lowest BCUT2D eigenvalue weighted by molar-refractivity contribution is 0.0841. The highest BCUT2D eigenvalue weighted by atomic mass is 16.6. The Kier molecular flexibility index (Phi) is 11.2. The number of quaternary nitrogens is 1. The highest BCUT2D eigenvalue weighted by Gasteiger charge is 2.43. The number of amides is 1. The third-order valence-corrected chi connectivity index (χ3v) is 7.61. The van der Waals surface area contributed by atoms with Crippen LogP contribution in [0.25, 0.3) is 0 Å². The van der Waals surface area contributed by atoms with Gasteiger partial charge in [-0.3, -0.25) is 4.65 Å². The molecule has 41 heavy (non-hydrogen) atoms. The van der Waals surface area contributed by atoms with Crippen LogP contribution in [0.2, 0.25) is 0 Å². The Hall–Kier alpha value is -3.55. The number of hydroxylamine groups is 2. The SMILES string of the molecule is CCCCCCN1c2c(O)cccc2C(=O)[N+]([O-])(C/C=C(\C)CC/C=C(\C)CCC=C(C)C)c2cc(O)cc(O)c21. The van der Waals surface area contributed by atoms with Crippen molar-refractivity contribution in [2.24, 2.45) is 0 Å². The Labute approximate surface area is 244 Å². The van der Waals surface area contributed by atoms with E-state index in [0.717, 1.165) is 56.9 Å². The number of hydrogen-bond acceptors (Lipinski definition) is 6. The Morgan fingerprint density at radius 2 is 1.56 bits per heavy atom. The predicted octanol–water partition coefficient (Wildman–Crippen LogP) is 8.90. The van der Waals surface area contributed by atoms with Gasteiger partial charge in [0.25, 0.3) is 0 Å². The molecule has 0 aromatic heterocycles. The summed E-state index contributed by atoms with van der Waals surface area (Å²) in [5, 5.41) is 47.0. The minimum absolute atomic E-state index is 0.0438. The monoisotopic (exact) mass is 562 g/mol. The first kappa shape index (κ1) is 32.0. The Balaban J connectivity index is 1.98. The molecule has 1 aliphatic heterocycles. The summed E-state index contributed by atoms with van der Waals surface area (Å²) in [7, 11) is 0. The van der Waals surface area contributed by atoms with Gasteiger partial charge in [-0.25, -0.2) is 4.79 Å². The van der Waals surface area contributed by atoms with Gasteiger partial charge in [0.1, 0.15) is 40.7 Å². The van der Waals surface area contributed by atoms with Crippen molar-refractivity contribution in [2.75, 3.05) is 18.0 Å². The van der Waals surface area contributed by atoms with Gasteiger partial charge in [-0.2, -0.15) is 0 Å². The van der Waals surface area contributed by atoms with Crippen LogP contribution in [0.5, 0.6) is 17.2 Å². The fourth-order valence-electron chi connectivity index (χ4n) is 5.27. The van der Waals surface area contributed by atoms with Crippen molar-refractivity contribution in [3.8, 4) is 17.2 Å². The quantitative estimate of drug-likeness (QED) is 0.0974. The summed E-state index contributed by atoms with van der Waals surface area (Å²) in [6.07, 6.45) is 13.5. The van der Waals surface area contributed by atoms with E-state index in [-0.39, 0.29) is 46.4 Å². The molecule has 7 heteroatoms. The summed E-state index contributed by atoms with van der Waals surface area (Å²) in [4.78, 5) is 15.7. The molecule has 3 N–H and O–H groups in total. The van der Waals surface area contributed by atoms with E-state index in [1.54, 1.807) is 23.1 Å². The maximum Gasteiger partial charge on any atom is 0.353 e.